The number of ether oxygens (including phenoxy) is 1. The van der Waals surface area contributed by atoms with Gasteiger partial charge in [0.25, 0.3) is 6.47 Å². The second-order valence-corrected chi connectivity index (χ2v) is 2.62. The largest absolute Gasteiger partial charge is 0.468 e. The summed E-state index contributed by atoms with van der Waals surface area (Å²) in [5.74, 6) is 4.87. The number of nitrogens with two attached hydrogens (primary N) is 1. The number of hydrogen-bond donors (Lipinski definition) is 2. The first kappa shape index (κ1) is 15.2. The van der Waals surface area contributed by atoms with Crippen LogP contribution in [-0.4, -0.2) is 18.1 Å². The molecule has 0 aliphatic carbocycles. The van der Waals surface area contributed by atoms with E-state index in [2.05, 4.69) is 9.72 Å². The van der Waals surface area contributed by atoms with E-state index in [1.165, 1.54) is 0 Å². The monoisotopic (exact) mass is 251 g/mol. The van der Waals surface area contributed by atoms with Crippen molar-refractivity contribution in [2.24, 2.45) is 5.84 Å². The van der Waals surface area contributed by atoms with Crippen molar-refractivity contribution in [3.63, 3.8) is 0 Å². The average Bonchev–Trinajstić information content (AvgIpc) is 2.30. The number of alkyl halides is 3. The number of aromatic nitrogens is 1. The highest BCUT2D eigenvalue weighted by Gasteiger charge is 2.30. The third-order valence-corrected chi connectivity index (χ3v) is 1.47. The molecule has 3 N–H and O–H groups in total. The van der Waals surface area contributed by atoms with Gasteiger partial charge in [-0.05, 0) is 19.1 Å². The fourth-order valence-electron chi connectivity index (χ4n) is 0.754. The number of rotatable bonds is 3. The number of nitrogen functional groups attached to an aromatic ring is 1. The molecule has 1 aromatic heterocycles. The summed E-state index contributed by atoms with van der Waals surface area (Å²) in [6.45, 7) is 2.66. The molecule has 0 amide bonds. The molecule has 1 rings (SSSR count). The minimum atomic E-state index is -4.35. The fourth-order valence-corrected chi connectivity index (χ4v) is 0.754. The molecule has 0 saturated carbocycles. The first-order valence-electron chi connectivity index (χ1n) is 4.50. The zero-order valence-corrected chi connectivity index (χ0v) is 8.99. The molecular formula is C9H12F3N3O2. The van der Waals surface area contributed by atoms with Crippen molar-refractivity contribution in [3.8, 4) is 0 Å². The Balaban J connectivity index is 0.000000437. The number of hydrazine groups is 1. The lowest BCUT2D eigenvalue weighted by Gasteiger charge is -2.06. The maximum absolute atomic E-state index is 12.0. The van der Waals surface area contributed by atoms with Crippen LogP contribution in [0.2, 0.25) is 0 Å². The number of pyridine rings is 1. The quantitative estimate of drug-likeness (QED) is 0.484. The highest BCUT2D eigenvalue weighted by atomic mass is 19.4. The summed E-state index contributed by atoms with van der Waals surface area (Å²) < 4.78 is 40.2. The number of nitrogens with one attached hydrogen (secondary N) is 1. The van der Waals surface area contributed by atoms with Gasteiger partial charge in [-0.25, -0.2) is 10.8 Å². The molecule has 0 radical (unpaired) electrons. The Hall–Kier alpha value is -1.83. The van der Waals surface area contributed by atoms with Gasteiger partial charge >= 0.3 is 6.18 Å². The SMILES string of the molecule is CCOC=O.NNc1cc(C(F)(F)F)ccn1. The van der Waals surface area contributed by atoms with Crippen LogP contribution in [0.15, 0.2) is 18.3 Å². The zero-order valence-electron chi connectivity index (χ0n) is 8.99. The summed E-state index contributed by atoms with van der Waals surface area (Å²) in [7, 11) is 0. The van der Waals surface area contributed by atoms with Gasteiger partial charge < -0.3 is 10.2 Å². The molecule has 0 aromatic carbocycles. The third kappa shape index (κ3) is 6.36. The molecule has 17 heavy (non-hydrogen) atoms. The molecule has 1 aromatic rings. The Labute approximate surface area is 95.7 Å². The van der Waals surface area contributed by atoms with Crippen molar-refractivity contribution in [1.29, 1.82) is 0 Å². The summed E-state index contributed by atoms with van der Waals surface area (Å²) in [5.41, 5.74) is 1.26. The minimum Gasteiger partial charge on any atom is -0.468 e. The Morgan fingerprint density at radius 3 is 2.59 bits per heavy atom. The summed E-state index contributed by atoms with van der Waals surface area (Å²) in [6, 6.07) is 1.71. The van der Waals surface area contributed by atoms with Crippen LogP contribution in [0.4, 0.5) is 19.0 Å². The van der Waals surface area contributed by atoms with Crippen LogP contribution < -0.4 is 11.3 Å². The maximum Gasteiger partial charge on any atom is 0.416 e. The molecule has 0 fully saturated rings. The molecule has 0 atom stereocenters. The Morgan fingerprint density at radius 1 is 1.59 bits per heavy atom. The third-order valence-electron chi connectivity index (χ3n) is 1.47. The number of halogens is 3. The highest BCUT2D eigenvalue weighted by molar-refractivity contribution is 5.37. The fraction of sp³-hybridized carbons (Fsp3) is 0.333. The van der Waals surface area contributed by atoms with E-state index < -0.39 is 11.7 Å². The molecule has 0 bridgehead atoms. The van der Waals surface area contributed by atoms with Crippen molar-refractivity contribution >= 4 is 12.3 Å². The van der Waals surface area contributed by atoms with Gasteiger partial charge in [0.15, 0.2) is 0 Å². The summed E-state index contributed by atoms with van der Waals surface area (Å²) in [4.78, 5) is 12.7. The van der Waals surface area contributed by atoms with Crippen LogP contribution in [-0.2, 0) is 15.7 Å². The van der Waals surface area contributed by atoms with Gasteiger partial charge in [-0.1, -0.05) is 0 Å². The van der Waals surface area contributed by atoms with Crippen molar-refractivity contribution in [1.82, 2.24) is 4.98 Å². The normalized spacial score (nSPS) is 9.94. The summed E-state index contributed by atoms with van der Waals surface area (Å²) in [5, 5.41) is 0. The van der Waals surface area contributed by atoms with E-state index in [1.807, 2.05) is 5.43 Å². The smallest absolute Gasteiger partial charge is 0.416 e. The van der Waals surface area contributed by atoms with Crippen molar-refractivity contribution < 1.29 is 22.7 Å². The summed E-state index contributed by atoms with van der Waals surface area (Å²) >= 11 is 0. The lowest BCUT2D eigenvalue weighted by atomic mass is 10.2. The number of carbonyl (C=O) groups excluding carboxylic acids is 1. The van der Waals surface area contributed by atoms with Gasteiger partial charge in [0.2, 0.25) is 0 Å². The molecular weight excluding hydrogens is 239 g/mol. The van der Waals surface area contributed by atoms with Gasteiger partial charge in [-0.2, -0.15) is 13.2 Å². The predicted molar refractivity (Wildman–Crippen MR) is 54.7 cm³/mol. The second-order valence-electron chi connectivity index (χ2n) is 2.62. The van der Waals surface area contributed by atoms with E-state index >= 15 is 0 Å². The molecule has 5 nitrogen and oxygen atoms in total. The molecule has 0 aliphatic rings. The first-order chi connectivity index (χ1) is 7.95. The predicted octanol–water partition coefficient (Wildman–Crippen LogP) is 1.57. The molecule has 0 unspecified atom stereocenters. The van der Waals surface area contributed by atoms with Gasteiger partial charge in [0, 0.05) is 6.20 Å². The van der Waals surface area contributed by atoms with E-state index in [0.717, 1.165) is 18.3 Å². The average molecular weight is 251 g/mol. The van der Waals surface area contributed by atoms with Gasteiger partial charge in [0.1, 0.15) is 5.82 Å². The highest BCUT2D eigenvalue weighted by Crippen LogP contribution is 2.29. The Morgan fingerprint density at radius 2 is 2.24 bits per heavy atom. The van der Waals surface area contributed by atoms with Crippen molar-refractivity contribution in [3.05, 3.63) is 23.9 Å². The van der Waals surface area contributed by atoms with E-state index in [4.69, 9.17) is 5.84 Å². The lowest BCUT2D eigenvalue weighted by Crippen LogP contribution is -2.11. The zero-order chi connectivity index (χ0) is 13.3. The number of hydrogen-bond acceptors (Lipinski definition) is 5. The molecule has 8 heteroatoms. The Kier molecular flexibility index (Phi) is 6.64. The van der Waals surface area contributed by atoms with E-state index in [-0.39, 0.29) is 5.82 Å². The van der Waals surface area contributed by atoms with Gasteiger partial charge in [-0.3, -0.25) is 4.79 Å². The standard InChI is InChI=1S/C6H6F3N3.C3H6O2/c7-6(8,9)4-1-2-11-5(3-4)12-10;1-2-5-3-4/h1-3H,10H2,(H,11,12);3H,2H2,1H3. The van der Waals surface area contributed by atoms with Crippen LogP contribution in [0.3, 0.4) is 0 Å². The molecule has 0 spiro atoms. The van der Waals surface area contributed by atoms with Crippen molar-refractivity contribution in [2.45, 2.75) is 13.1 Å². The van der Waals surface area contributed by atoms with E-state index in [0.29, 0.717) is 13.1 Å². The number of nitrogens with zero attached hydrogens (tertiary/aromatic N) is 1. The molecule has 1 heterocycles. The second kappa shape index (κ2) is 7.44. The van der Waals surface area contributed by atoms with E-state index in [1.54, 1.807) is 6.92 Å². The minimum absolute atomic E-state index is 0.00942. The van der Waals surface area contributed by atoms with Crippen LogP contribution in [0.1, 0.15) is 12.5 Å². The molecule has 96 valence electrons. The first-order valence-corrected chi connectivity index (χ1v) is 4.50. The number of anilines is 1. The van der Waals surface area contributed by atoms with Crippen molar-refractivity contribution in [2.75, 3.05) is 12.0 Å². The van der Waals surface area contributed by atoms with Gasteiger partial charge in [-0.15, -0.1) is 0 Å². The van der Waals surface area contributed by atoms with Crippen LogP contribution in [0, 0.1) is 0 Å². The molecule has 0 saturated heterocycles. The number of carbonyl (C=O) groups is 1. The van der Waals surface area contributed by atoms with Gasteiger partial charge in [0.05, 0.1) is 12.2 Å². The summed E-state index contributed by atoms with van der Waals surface area (Å²) in [6.07, 6.45) is -3.31. The lowest BCUT2D eigenvalue weighted by molar-refractivity contribution is -0.137. The van der Waals surface area contributed by atoms with Crippen LogP contribution in [0.5, 0.6) is 0 Å². The van der Waals surface area contributed by atoms with Crippen LogP contribution >= 0.6 is 0 Å². The maximum atomic E-state index is 12.0. The topological polar surface area (TPSA) is 77.2 Å². The Bertz CT molecular complexity index is 345. The van der Waals surface area contributed by atoms with E-state index in [9.17, 15) is 18.0 Å². The van der Waals surface area contributed by atoms with Crippen LogP contribution in [0.25, 0.3) is 0 Å². The molecule has 0 aliphatic heterocycles.